The van der Waals surface area contributed by atoms with Gasteiger partial charge in [0.2, 0.25) is 0 Å². The van der Waals surface area contributed by atoms with Crippen molar-refractivity contribution in [2.75, 3.05) is 33.7 Å². The van der Waals surface area contributed by atoms with Crippen LogP contribution in [0.2, 0.25) is 0 Å². The Morgan fingerprint density at radius 3 is 2.20 bits per heavy atom. The smallest absolute Gasteiger partial charge is 0.326 e. The van der Waals surface area contributed by atoms with Gasteiger partial charge in [0.05, 0.1) is 0 Å². The average molecular weight is 287 g/mol. The number of hydrogen-bond donors (Lipinski definition) is 2. The second-order valence-corrected chi connectivity index (χ2v) is 5.71. The number of amides is 2. The molecule has 0 saturated carbocycles. The molecule has 2 N–H and O–H groups in total. The van der Waals surface area contributed by atoms with Gasteiger partial charge in [-0.05, 0) is 46.3 Å². The number of nitrogens with one attached hydrogen (secondary N) is 1. The van der Waals surface area contributed by atoms with E-state index < -0.39 is 12.0 Å². The van der Waals surface area contributed by atoms with Gasteiger partial charge in [-0.2, -0.15) is 0 Å². The summed E-state index contributed by atoms with van der Waals surface area (Å²) in [6.07, 6.45) is 1.31. The van der Waals surface area contributed by atoms with Crippen LogP contribution in [-0.4, -0.2) is 66.7 Å². The van der Waals surface area contributed by atoms with Crippen molar-refractivity contribution in [3.63, 3.8) is 0 Å². The molecule has 1 atom stereocenters. The summed E-state index contributed by atoms with van der Waals surface area (Å²) >= 11 is 0. The van der Waals surface area contributed by atoms with Crippen molar-refractivity contribution < 1.29 is 14.7 Å². The summed E-state index contributed by atoms with van der Waals surface area (Å²) in [5.74, 6) is -0.753. The molecule has 1 unspecified atom stereocenters. The van der Waals surface area contributed by atoms with E-state index in [0.717, 1.165) is 13.0 Å². The topological polar surface area (TPSA) is 72.9 Å². The number of carbonyl (C=O) groups excluding carboxylic acids is 1. The molecule has 0 radical (unpaired) electrons. The van der Waals surface area contributed by atoms with Gasteiger partial charge in [-0.25, -0.2) is 9.59 Å². The van der Waals surface area contributed by atoms with E-state index in [9.17, 15) is 9.59 Å². The lowest BCUT2D eigenvalue weighted by Gasteiger charge is -2.25. The molecule has 20 heavy (non-hydrogen) atoms. The van der Waals surface area contributed by atoms with E-state index in [-0.39, 0.29) is 11.9 Å². The van der Waals surface area contributed by atoms with Gasteiger partial charge in [0, 0.05) is 13.1 Å². The Labute approximate surface area is 122 Å². The van der Waals surface area contributed by atoms with Gasteiger partial charge in [-0.15, -0.1) is 0 Å². The SMILES string of the molecule is CCN(CCCN(C)C)C(=O)NC(CC(C)C)C(=O)O. The quantitative estimate of drug-likeness (QED) is 0.673. The van der Waals surface area contributed by atoms with Gasteiger partial charge in [-0.3, -0.25) is 0 Å². The van der Waals surface area contributed by atoms with Gasteiger partial charge in [-0.1, -0.05) is 13.8 Å². The third kappa shape index (κ3) is 7.99. The van der Waals surface area contributed by atoms with Gasteiger partial charge in [0.25, 0.3) is 0 Å². The number of carbonyl (C=O) groups is 2. The maximum absolute atomic E-state index is 12.1. The molecule has 6 nitrogen and oxygen atoms in total. The first kappa shape index (κ1) is 18.7. The number of carboxylic acid groups (broad SMARTS) is 1. The summed E-state index contributed by atoms with van der Waals surface area (Å²) in [5, 5.41) is 11.7. The fourth-order valence-electron chi connectivity index (χ4n) is 1.91. The molecule has 0 bridgehead atoms. The summed E-state index contributed by atoms with van der Waals surface area (Å²) in [5.41, 5.74) is 0. The van der Waals surface area contributed by atoms with Crippen molar-refractivity contribution in [1.29, 1.82) is 0 Å². The highest BCUT2D eigenvalue weighted by Crippen LogP contribution is 2.06. The van der Waals surface area contributed by atoms with Crippen LogP contribution >= 0.6 is 0 Å². The second-order valence-electron chi connectivity index (χ2n) is 5.71. The molecule has 0 aromatic heterocycles. The molecule has 118 valence electrons. The summed E-state index contributed by atoms with van der Waals surface area (Å²) in [4.78, 5) is 26.9. The van der Waals surface area contributed by atoms with E-state index in [1.54, 1.807) is 4.90 Å². The molecule has 0 spiro atoms. The maximum atomic E-state index is 12.1. The van der Waals surface area contributed by atoms with Crippen LogP contribution < -0.4 is 5.32 Å². The molecule has 0 rings (SSSR count). The first-order valence-corrected chi connectivity index (χ1v) is 7.20. The van der Waals surface area contributed by atoms with Crippen molar-refractivity contribution in [2.24, 2.45) is 5.92 Å². The van der Waals surface area contributed by atoms with Crippen LogP contribution in [0.4, 0.5) is 4.79 Å². The number of nitrogens with zero attached hydrogens (tertiary/aromatic N) is 2. The highest BCUT2D eigenvalue weighted by atomic mass is 16.4. The summed E-state index contributed by atoms with van der Waals surface area (Å²) in [7, 11) is 3.97. The van der Waals surface area contributed by atoms with E-state index in [1.165, 1.54) is 0 Å². The molecule has 0 saturated heterocycles. The summed E-state index contributed by atoms with van der Waals surface area (Å²) in [6.45, 7) is 7.89. The van der Waals surface area contributed by atoms with E-state index in [2.05, 4.69) is 10.2 Å². The summed E-state index contributed by atoms with van der Waals surface area (Å²) < 4.78 is 0. The normalized spacial score (nSPS) is 12.6. The van der Waals surface area contributed by atoms with E-state index in [0.29, 0.717) is 19.5 Å². The molecule has 0 fully saturated rings. The van der Waals surface area contributed by atoms with Crippen molar-refractivity contribution in [3.8, 4) is 0 Å². The number of carboxylic acids is 1. The predicted octanol–water partition coefficient (Wildman–Crippen LogP) is 1.47. The molecular formula is C14H29N3O3. The molecule has 6 heteroatoms. The zero-order valence-electron chi connectivity index (χ0n) is 13.3. The minimum absolute atomic E-state index is 0.222. The van der Waals surface area contributed by atoms with Crippen molar-refractivity contribution in [1.82, 2.24) is 15.1 Å². The fourth-order valence-corrected chi connectivity index (χ4v) is 1.91. The largest absolute Gasteiger partial charge is 0.480 e. The molecule has 0 aromatic carbocycles. The zero-order chi connectivity index (χ0) is 15.7. The van der Waals surface area contributed by atoms with E-state index >= 15 is 0 Å². The lowest BCUT2D eigenvalue weighted by atomic mass is 10.0. The Balaban J connectivity index is 4.39. The van der Waals surface area contributed by atoms with Crippen molar-refractivity contribution >= 4 is 12.0 Å². The second kappa shape index (κ2) is 9.58. The van der Waals surface area contributed by atoms with Crippen LogP contribution in [0.15, 0.2) is 0 Å². The minimum Gasteiger partial charge on any atom is -0.480 e. The number of aliphatic carboxylic acids is 1. The van der Waals surface area contributed by atoms with Crippen LogP contribution in [0, 0.1) is 5.92 Å². The van der Waals surface area contributed by atoms with Crippen LogP contribution in [0.5, 0.6) is 0 Å². The molecular weight excluding hydrogens is 258 g/mol. The van der Waals surface area contributed by atoms with E-state index in [1.807, 2.05) is 34.9 Å². The third-order valence-electron chi connectivity index (χ3n) is 3.01. The lowest BCUT2D eigenvalue weighted by molar-refractivity contribution is -0.139. The van der Waals surface area contributed by atoms with Gasteiger partial charge in [0.15, 0.2) is 0 Å². The van der Waals surface area contributed by atoms with E-state index in [4.69, 9.17) is 5.11 Å². The zero-order valence-corrected chi connectivity index (χ0v) is 13.3. The lowest BCUT2D eigenvalue weighted by Crippen LogP contribution is -2.48. The highest BCUT2D eigenvalue weighted by Gasteiger charge is 2.23. The summed E-state index contributed by atoms with van der Waals surface area (Å²) in [6, 6.07) is -1.11. The molecule has 0 aromatic rings. The number of rotatable bonds is 9. The fraction of sp³-hybridized carbons (Fsp3) is 0.857. The number of hydrogen-bond acceptors (Lipinski definition) is 3. The van der Waals surface area contributed by atoms with Crippen LogP contribution in [0.3, 0.4) is 0 Å². The first-order chi connectivity index (χ1) is 9.27. The highest BCUT2D eigenvalue weighted by molar-refractivity contribution is 5.82. The molecule has 0 aliphatic heterocycles. The molecule has 0 heterocycles. The maximum Gasteiger partial charge on any atom is 0.326 e. The Morgan fingerprint density at radius 1 is 1.20 bits per heavy atom. The average Bonchev–Trinajstić information content (AvgIpc) is 2.32. The van der Waals surface area contributed by atoms with Gasteiger partial charge < -0.3 is 20.2 Å². The van der Waals surface area contributed by atoms with Gasteiger partial charge >= 0.3 is 12.0 Å². The number of urea groups is 1. The predicted molar refractivity (Wildman–Crippen MR) is 79.8 cm³/mol. The Morgan fingerprint density at radius 2 is 1.80 bits per heavy atom. The Hall–Kier alpha value is -1.30. The Bertz CT molecular complexity index is 306. The Kier molecular flexibility index (Phi) is 8.96. The van der Waals surface area contributed by atoms with Crippen LogP contribution in [-0.2, 0) is 4.79 Å². The standard InChI is InChI=1S/C14H29N3O3/c1-6-17(9-7-8-16(4)5)14(20)15-12(13(18)19)10-11(2)3/h11-12H,6-10H2,1-5H3,(H,15,20)(H,18,19). The van der Waals surface area contributed by atoms with Crippen LogP contribution in [0.1, 0.15) is 33.6 Å². The van der Waals surface area contributed by atoms with Crippen LogP contribution in [0.25, 0.3) is 0 Å². The monoisotopic (exact) mass is 287 g/mol. The molecule has 2 amide bonds. The first-order valence-electron chi connectivity index (χ1n) is 7.20. The molecule has 0 aliphatic rings. The van der Waals surface area contributed by atoms with Crippen molar-refractivity contribution in [3.05, 3.63) is 0 Å². The van der Waals surface area contributed by atoms with Crippen molar-refractivity contribution in [2.45, 2.75) is 39.7 Å². The third-order valence-corrected chi connectivity index (χ3v) is 3.01. The molecule has 0 aliphatic carbocycles. The van der Waals surface area contributed by atoms with Gasteiger partial charge in [0.1, 0.15) is 6.04 Å². The minimum atomic E-state index is -0.976.